The van der Waals surface area contributed by atoms with E-state index in [-0.39, 0.29) is 40.4 Å². The Labute approximate surface area is 238 Å². The molecule has 2 aromatic rings. The maximum Gasteiger partial charge on any atom is 0.340 e. The molecule has 0 radical (unpaired) electrons. The summed E-state index contributed by atoms with van der Waals surface area (Å²) in [6, 6.07) is 12.0. The molecule has 40 heavy (non-hydrogen) atoms. The second kappa shape index (κ2) is 14.1. The summed E-state index contributed by atoms with van der Waals surface area (Å²) in [6.45, 7) is 5.90. The van der Waals surface area contributed by atoms with Crippen LogP contribution in [0.3, 0.4) is 0 Å². The van der Waals surface area contributed by atoms with Crippen LogP contribution in [-0.2, 0) is 34.8 Å². The number of nitrogens with zero attached hydrogens (tertiary/aromatic N) is 3. The van der Waals surface area contributed by atoms with Gasteiger partial charge in [0.2, 0.25) is 15.9 Å². The van der Waals surface area contributed by atoms with Gasteiger partial charge in [0.05, 0.1) is 35.3 Å². The fourth-order valence-corrected chi connectivity index (χ4v) is 6.07. The van der Waals surface area contributed by atoms with E-state index in [1.165, 1.54) is 6.07 Å². The van der Waals surface area contributed by atoms with Gasteiger partial charge in [-0.15, -0.1) is 0 Å². The zero-order valence-electron chi connectivity index (χ0n) is 22.6. The van der Waals surface area contributed by atoms with Crippen molar-refractivity contribution in [3.8, 4) is 6.07 Å². The molecule has 1 aliphatic heterocycles. The van der Waals surface area contributed by atoms with Crippen molar-refractivity contribution in [1.82, 2.24) is 9.71 Å². The highest BCUT2D eigenvalue weighted by atomic mass is 32.2. The van der Waals surface area contributed by atoms with E-state index in [1.807, 2.05) is 4.90 Å². The van der Waals surface area contributed by atoms with E-state index in [0.717, 1.165) is 11.8 Å². The molecule has 1 amide bonds. The largest absolute Gasteiger partial charge is 0.462 e. The van der Waals surface area contributed by atoms with E-state index in [0.29, 0.717) is 37.3 Å². The molecule has 1 fully saturated rings. The van der Waals surface area contributed by atoms with Crippen LogP contribution in [0.15, 0.2) is 41.4 Å². The van der Waals surface area contributed by atoms with Gasteiger partial charge in [-0.05, 0) is 45.2 Å². The van der Waals surface area contributed by atoms with Gasteiger partial charge in [-0.1, -0.05) is 42.1 Å². The number of pyridine rings is 1. The molecular formula is C27H32N4O7S2. The Morgan fingerprint density at radius 2 is 1.88 bits per heavy atom. The number of nitriles is 1. The zero-order chi connectivity index (χ0) is 29.3. The predicted molar refractivity (Wildman–Crippen MR) is 149 cm³/mol. The van der Waals surface area contributed by atoms with E-state index >= 15 is 0 Å². The van der Waals surface area contributed by atoms with E-state index in [2.05, 4.69) is 15.8 Å². The number of amides is 1. The molecule has 2 heterocycles. The van der Waals surface area contributed by atoms with Gasteiger partial charge in [-0.3, -0.25) is 14.3 Å². The molecule has 1 saturated heterocycles. The SMILES string of the molecule is CCOC(=O)c1cc(C#N)c(N2CCC(C(=O)NS(=O)(=O)Cc3ccccc3)CC2)nc1SCC(=O)OC(C)C. The summed E-state index contributed by atoms with van der Waals surface area (Å²) in [5.74, 6) is -2.33. The Morgan fingerprint density at radius 3 is 2.48 bits per heavy atom. The highest BCUT2D eigenvalue weighted by molar-refractivity contribution is 8.00. The number of aromatic nitrogens is 1. The van der Waals surface area contributed by atoms with Crippen molar-refractivity contribution < 1.29 is 32.3 Å². The molecule has 1 aromatic heterocycles. The lowest BCUT2D eigenvalue weighted by Gasteiger charge is -2.32. The number of sulfonamides is 1. The quantitative estimate of drug-likeness (QED) is 0.304. The third kappa shape index (κ3) is 8.69. The summed E-state index contributed by atoms with van der Waals surface area (Å²) in [7, 11) is -3.86. The Hall–Kier alpha value is -3.63. The first-order valence-corrected chi connectivity index (χ1v) is 15.4. The van der Waals surface area contributed by atoms with E-state index in [4.69, 9.17) is 9.47 Å². The van der Waals surface area contributed by atoms with Gasteiger partial charge < -0.3 is 14.4 Å². The van der Waals surface area contributed by atoms with Crippen molar-refractivity contribution in [3.05, 3.63) is 53.1 Å². The second-order valence-electron chi connectivity index (χ2n) is 9.34. The Balaban J connectivity index is 1.73. The topological polar surface area (TPSA) is 156 Å². The molecule has 1 aromatic carbocycles. The lowest BCUT2D eigenvalue weighted by Crippen LogP contribution is -2.43. The van der Waals surface area contributed by atoms with E-state index in [1.54, 1.807) is 51.1 Å². The van der Waals surface area contributed by atoms with Gasteiger partial charge in [0.15, 0.2) is 0 Å². The molecular weight excluding hydrogens is 556 g/mol. The second-order valence-corrected chi connectivity index (χ2v) is 12.0. The van der Waals surface area contributed by atoms with Crippen LogP contribution in [0.1, 0.15) is 55.1 Å². The number of hydrogen-bond acceptors (Lipinski definition) is 11. The van der Waals surface area contributed by atoms with Gasteiger partial charge in [-0.25, -0.2) is 18.2 Å². The third-order valence-electron chi connectivity index (χ3n) is 5.90. The smallest absolute Gasteiger partial charge is 0.340 e. The van der Waals surface area contributed by atoms with Gasteiger partial charge in [0, 0.05) is 19.0 Å². The highest BCUT2D eigenvalue weighted by Crippen LogP contribution is 2.31. The van der Waals surface area contributed by atoms with Crippen LogP contribution >= 0.6 is 11.8 Å². The molecule has 0 aliphatic carbocycles. The summed E-state index contributed by atoms with van der Waals surface area (Å²) in [6.07, 6.45) is 0.373. The van der Waals surface area contributed by atoms with Gasteiger partial charge in [-0.2, -0.15) is 5.26 Å². The first-order valence-electron chi connectivity index (χ1n) is 12.8. The summed E-state index contributed by atoms with van der Waals surface area (Å²) >= 11 is 1.01. The maximum absolute atomic E-state index is 12.8. The molecule has 0 atom stereocenters. The first kappa shape index (κ1) is 30.9. The van der Waals surface area contributed by atoms with Crippen molar-refractivity contribution in [2.45, 2.75) is 50.5 Å². The maximum atomic E-state index is 12.8. The zero-order valence-corrected chi connectivity index (χ0v) is 24.2. The molecule has 0 bridgehead atoms. The van der Waals surface area contributed by atoms with E-state index < -0.39 is 33.8 Å². The summed E-state index contributed by atoms with van der Waals surface area (Å²) in [4.78, 5) is 43.8. The molecule has 1 aliphatic rings. The van der Waals surface area contributed by atoms with Crippen LogP contribution < -0.4 is 9.62 Å². The van der Waals surface area contributed by atoms with Gasteiger partial charge in [0.1, 0.15) is 16.9 Å². The number of benzene rings is 1. The summed E-state index contributed by atoms with van der Waals surface area (Å²) in [5.41, 5.74) is 0.790. The number of ether oxygens (including phenoxy) is 2. The summed E-state index contributed by atoms with van der Waals surface area (Å²) in [5, 5.41) is 10.0. The fourth-order valence-electron chi connectivity index (χ4n) is 4.12. The lowest BCUT2D eigenvalue weighted by molar-refractivity contribution is -0.144. The lowest BCUT2D eigenvalue weighted by atomic mass is 9.96. The fraction of sp³-hybridized carbons (Fsp3) is 0.444. The van der Waals surface area contributed by atoms with Gasteiger partial charge in [0.25, 0.3) is 0 Å². The van der Waals surface area contributed by atoms with Crippen LogP contribution in [0.25, 0.3) is 0 Å². The van der Waals surface area contributed by atoms with Gasteiger partial charge >= 0.3 is 11.9 Å². The average molecular weight is 589 g/mol. The third-order valence-corrected chi connectivity index (χ3v) is 8.09. The Morgan fingerprint density at radius 1 is 1.20 bits per heavy atom. The van der Waals surface area contributed by atoms with Crippen molar-refractivity contribution >= 4 is 45.4 Å². The monoisotopic (exact) mass is 588 g/mol. The molecule has 3 rings (SSSR count). The minimum atomic E-state index is -3.86. The molecule has 1 N–H and O–H groups in total. The number of esters is 2. The average Bonchev–Trinajstić information content (AvgIpc) is 2.91. The van der Waals surface area contributed by atoms with Crippen LogP contribution in [-0.4, -0.2) is 62.8 Å². The van der Waals surface area contributed by atoms with Crippen LogP contribution in [0.5, 0.6) is 0 Å². The van der Waals surface area contributed by atoms with Crippen molar-refractivity contribution in [2.75, 3.05) is 30.3 Å². The van der Waals surface area contributed by atoms with Crippen molar-refractivity contribution in [3.63, 3.8) is 0 Å². The van der Waals surface area contributed by atoms with Crippen molar-refractivity contribution in [1.29, 1.82) is 5.26 Å². The number of carbonyl (C=O) groups is 3. The molecule has 13 heteroatoms. The Kier molecular flexibility index (Phi) is 10.9. The number of anilines is 1. The van der Waals surface area contributed by atoms with Crippen LogP contribution in [0.4, 0.5) is 5.82 Å². The number of nitrogens with one attached hydrogen (secondary N) is 1. The normalized spacial score (nSPS) is 13.9. The summed E-state index contributed by atoms with van der Waals surface area (Å²) < 4.78 is 37.5. The van der Waals surface area contributed by atoms with Crippen LogP contribution in [0, 0.1) is 17.2 Å². The molecule has 214 valence electrons. The van der Waals surface area contributed by atoms with E-state index in [9.17, 15) is 28.1 Å². The number of piperidine rings is 1. The first-order chi connectivity index (χ1) is 19.0. The number of carbonyl (C=O) groups excluding carboxylic acids is 3. The molecule has 0 spiro atoms. The molecule has 11 nitrogen and oxygen atoms in total. The minimum Gasteiger partial charge on any atom is -0.462 e. The standard InChI is InChI=1S/C27H32N4O7S2/c1-4-37-27(34)22-14-21(15-28)24(29-26(22)39-16-23(32)38-18(2)3)31-12-10-20(11-13-31)25(33)30-40(35,36)17-19-8-6-5-7-9-19/h5-9,14,18,20H,4,10-13,16-17H2,1-3H3,(H,30,33). The molecule has 0 saturated carbocycles. The minimum absolute atomic E-state index is 0.0717. The molecule has 0 unspecified atom stereocenters. The number of thioether (sulfide) groups is 1. The number of rotatable bonds is 11. The highest BCUT2D eigenvalue weighted by Gasteiger charge is 2.30. The van der Waals surface area contributed by atoms with Crippen LogP contribution in [0.2, 0.25) is 0 Å². The Bertz CT molecular complexity index is 1370. The number of hydrogen-bond donors (Lipinski definition) is 1. The predicted octanol–water partition coefficient (Wildman–Crippen LogP) is 3.04. The van der Waals surface area contributed by atoms with Crippen molar-refractivity contribution in [2.24, 2.45) is 5.92 Å².